The minimum Gasteiger partial charge on any atom is -0.456 e. The Hall–Kier alpha value is -3.04. The van der Waals surface area contributed by atoms with Gasteiger partial charge in [0.25, 0.3) is 10.0 Å². The number of carbonyl (C=O) groups excluding carboxylic acids is 1. The van der Waals surface area contributed by atoms with Gasteiger partial charge in [-0.2, -0.15) is 0 Å². The highest BCUT2D eigenvalue weighted by Gasteiger charge is 2.24. The van der Waals surface area contributed by atoms with Gasteiger partial charge < -0.3 is 4.74 Å². The lowest BCUT2D eigenvalue weighted by Crippen LogP contribution is -2.26. The van der Waals surface area contributed by atoms with E-state index in [0.717, 1.165) is 21.7 Å². The monoisotopic (exact) mass is 470 g/mol. The van der Waals surface area contributed by atoms with Gasteiger partial charge in [-0.1, -0.05) is 58.5 Å². The third-order valence-corrected chi connectivity index (χ3v) is 7.08. The Morgan fingerprint density at radius 3 is 2.38 bits per heavy atom. The van der Waals surface area contributed by atoms with E-state index in [1.165, 1.54) is 32.4 Å². The number of rotatable bonds is 6. The van der Waals surface area contributed by atoms with Crippen LogP contribution in [0.5, 0.6) is 0 Å². The number of hydrogen-bond acceptors (Lipinski definition) is 6. The van der Waals surface area contributed by atoms with Crippen LogP contribution in [0.15, 0.2) is 71.6 Å². The summed E-state index contributed by atoms with van der Waals surface area (Å²) in [7, 11) is -1.48. The Morgan fingerprint density at radius 2 is 1.66 bits per heavy atom. The first kappa shape index (κ1) is 22.2. The van der Waals surface area contributed by atoms with E-state index in [1.807, 2.05) is 48.5 Å². The molecule has 0 aliphatic rings. The second kappa shape index (κ2) is 8.84. The molecule has 0 spiro atoms. The van der Waals surface area contributed by atoms with Crippen LogP contribution in [0.3, 0.4) is 0 Å². The highest BCUT2D eigenvalue weighted by atomic mass is 35.5. The minimum atomic E-state index is -3.95. The number of halogens is 1. The standard InChI is InChI=1S/C23H19ClN2O5S/c1-26(30-2)32(28,29)15-11-12-20(24)19(13-15)23(27)31-14-22-18-9-4-3-7-16(18)17-8-5-6-10-21(17)25-22/h3-13H,14H2,1-2H3. The number of nitrogens with zero attached hydrogens (tertiary/aromatic N) is 2. The van der Waals surface area contributed by atoms with Gasteiger partial charge in [0.1, 0.15) is 6.61 Å². The fourth-order valence-corrected chi connectivity index (χ4v) is 4.56. The number of aromatic nitrogens is 1. The maximum Gasteiger partial charge on any atom is 0.340 e. The van der Waals surface area contributed by atoms with E-state index in [4.69, 9.17) is 21.2 Å². The SMILES string of the molecule is CON(C)S(=O)(=O)c1ccc(Cl)c(C(=O)OCc2nc3ccccc3c3ccccc23)c1. The van der Waals surface area contributed by atoms with Crippen molar-refractivity contribution < 1.29 is 22.8 Å². The molecule has 1 aromatic heterocycles. The van der Waals surface area contributed by atoms with Gasteiger partial charge in [0.15, 0.2) is 0 Å². The van der Waals surface area contributed by atoms with Crippen LogP contribution < -0.4 is 0 Å². The predicted octanol–water partition coefficient (Wildman–Crippen LogP) is 4.58. The number of para-hydroxylation sites is 1. The van der Waals surface area contributed by atoms with Gasteiger partial charge in [0.2, 0.25) is 0 Å². The quantitative estimate of drug-likeness (QED) is 0.233. The van der Waals surface area contributed by atoms with Crippen molar-refractivity contribution in [2.24, 2.45) is 0 Å². The van der Waals surface area contributed by atoms with E-state index in [0.29, 0.717) is 10.2 Å². The number of ether oxygens (including phenoxy) is 1. The zero-order valence-electron chi connectivity index (χ0n) is 17.3. The maximum absolute atomic E-state index is 12.8. The first-order valence-electron chi connectivity index (χ1n) is 9.59. The summed E-state index contributed by atoms with van der Waals surface area (Å²) in [5.74, 6) is -0.758. The largest absolute Gasteiger partial charge is 0.456 e. The van der Waals surface area contributed by atoms with Crippen LogP contribution in [0, 0.1) is 0 Å². The molecule has 4 rings (SSSR count). The molecular weight excluding hydrogens is 452 g/mol. The van der Waals surface area contributed by atoms with Crippen LogP contribution in [-0.4, -0.2) is 38.0 Å². The number of pyridine rings is 1. The second-order valence-corrected chi connectivity index (χ2v) is 9.28. The molecule has 0 unspecified atom stereocenters. The number of fused-ring (bicyclic) bond motifs is 3. The lowest BCUT2D eigenvalue weighted by atomic mass is 10.0. The van der Waals surface area contributed by atoms with Gasteiger partial charge in [-0.05, 0) is 29.7 Å². The molecule has 4 aromatic rings. The average molecular weight is 471 g/mol. The minimum absolute atomic E-state index is 0.0673. The van der Waals surface area contributed by atoms with Crippen molar-refractivity contribution in [3.05, 3.63) is 83.0 Å². The number of benzene rings is 3. The van der Waals surface area contributed by atoms with Gasteiger partial charge in [0.05, 0.1) is 33.8 Å². The first-order valence-corrected chi connectivity index (χ1v) is 11.4. The molecule has 0 aliphatic heterocycles. The Kier molecular flexibility index (Phi) is 6.12. The fraction of sp³-hybridized carbons (Fsp3) is 0.130. The highest BCUT2D eigenvalue weighted by Crippen LogP contribution is 2.28. The Bertz CT molecular complexity index is 1440. The average Bonchev–Trinajstić information content (AvgIpc) is 2.81. The molecule has 0 aliphatic carbocycles. The van der Waals surface area contributed by atoms with Crippen LogP contribution >= 0.6 is 11.6 Å². The van der Waals surface area contributed by atoms with Crippen LogP contribution in [0.1, 0.15) is 16.1 Å². The van der Waals surface area contributed by atoms with Gasteiger partial charge in [-0.3, -0.25) is 4.84 Å². The molecular formula is C23H19ClN2O5S. The number of hydroxylamine groups is 1. The molecule has 3 aromatic carbocycles. The third kappa shape index (κ3) is 4.05. The zero-order chi connectivity index (χ0) is 22.9. The molecule has 164 valence electrons. The molecule has 0 fully saturated rings. The summed E-state index contributed by atoms with van der Waals surface area (Å²) >= 11 is 6.15. The van der Waals surface area contributed by atoms with E-state index < -0.39 is 16.0 Å². The van der Waals surface area contributed by atoms with Crippen molar-refractivity contribution >= 4 is 49.3 Å². The molecule has 0 amide bonds. The number of esters is 1. The molecule has 0 radical (unpaired) electrons. The van der Waals surface area contributed by atoms with Crippen molar-refractivity contribution in [3.63, 3.8) is 0 Å². The van der Waals surface area contributed by atoms with Crippen molar-refractivity contribution in [2.75, 3.05) is 14.2 Å². The van der Waals surface area contributed by atoms with E-state index >= 15 is 0 Å². The van der Waals surface area contributed by atoms with E-state index in [2.05, 4.69) is 4.98 Å². The van der Waals surface area contributed by atoms with Gasteiger partial charge in [-0.25, -0.2) is 18.2 Å². The van der Waals surface area contributed by atoms with Crippen LogP contribution in [0.2, 0.25) is 5.02 Å². The summed E-state index contributed by atoms with van der Waals surface area (Å²) in [6, 6.07) is 19.2. The summed E-state index contributed by atoms with van der Waals surface area (Å²) in [5, 5.41) is 2.94. The summed E-state index contributed by atoms with van der Waals surface area (Å²) in [4.78, 5) is 22.1. The number of carbonyl (C=O) groups is 1. The summed E-state index contributed by atoms with van der Waals surface area (Å²) in [5.41, 5.74) is 1.31. The van der Waals surface area contributed by atoms with Gasteiger partial charge in [-0.15, -0.1) is 0 Å². The van der Waals surface area contributed by atoms with Gasteiger partial charge in [0, 0.05) is 17.8 Å². The zero-order valence-corrected chi connectivity index (χ0v) is 18.9. The van der Waals surface area contributed by atoms with Gasteiger partial charge >= 0.3 is 5.97 Å². The lowest BCUT2D eigenvalue weighted by molar-refractivity contribution is -0.0258. The van der Waals surface area contributed by atoms with Crippen LogP contribution in [-0.2, 0) is 26.2 Å². The van der Waals surface area contributed by atoms with Crippen molar-refractivity contribution in [1.29, 1.82) is 0 Å². The predicted molar refractivity (Wildman–Crippen MR) is 122 cm³/mol. The summed E-state index contributed by atoms with van der Waals surface area (Å²) in [6.07, 6.45) is 0. The topological polar surface area (TPSA) is 85.8 Å². The molecule has 7 nitrogen and oxygen atoms in total. The molecule has 0 N–H and O–H groups in total. The molecule has 32 heavy (non-hydrogen) atoms. The number of hydrogen-bond donors (Lipinski definition) is 0. The first-order chi connectivity index (χ1) is 15.3. The van der Waals surface area contributed by atoms with Crippen LogP contribution in [0.4, 0.5) is 0 Å². The fourth-order valence-electron chi connectivity index (χ4n) is 3.36. The van der Waals surface area contributed by atoms with Crippen molar-refractivity contribution in [3.8, 4) is 0 Å². The molecule has 0 saturated heterocycles. The number of sulfonamides is 1. The summed E-state index contributed by atoms with van der Waals surface area (Å²) < 4.78 is 31.2. The van der Waals surface area contributed by atoms with E-state index in [1.54, 1.807) is 0 Å². The normalized spacial score (nSPS) is 11.9. The second-order valence-electron chi connectivity index (χ2n) is 6.94. The molecule has 1 heterocycles. The molecule has 0 atom stereocenters. The molecule has 9 heteroatoms. The Labute approximate surface area is 190 Å². The van der Waals surface area contributed by atoms with E-state index in [9.17, 15) is 13.2 Å². The lowest BCUT2D eigenvalue weighted by Gasteiger charge is -2.15. The Balaban J connectivity index is 1.66. The smallest absolute Gasteiger partial charge is 0.340 e. The van der Waals surface area contributed by atoms with Crippen molar-refractivity contribution in [1.82, 2.24) is 9.45 Å². The Morgan fingerprint density at radius 1 is 1.00 bits per heavy atom. The summed E-state index contributed by atoms with van der Waals surface area (Å²) in [6.45, 7) is -0.102. The molecule has 0 saturated carbocycles. The third-order valence-electron chi connectivity index (χ3n) is 5.08. The van der Waals surface area contributed by atoms with Crippen LogP contribution in [0.25, 0.3) is 21.7 Å². The van der Waals surface area contributed by atoms with Crippen molar-refractivity contribution in [2.45, 2.75) is 11.5 Å². The highest BCUT2D eigenvalue weighted by molar-refractivity contribution is 7.89. The molecule has 0 bridgehead atoms. The van der Waals surface area contributed by atoms with E-state index in [-0.39, 0.29) is 22.1 Å². The maximum atomic E-state index is 12.8.